The number of pyridine rings is 1. The minimum absolute atomic E-state index is 0.178. The fourth-order valence-electron chi connectivity index (χ4n) is 4.77. The standard InChI is InChI=1S/C24H21N7O/c32-23-10-22(21-6-7-25-15-27-21)28-24(29-23)31-14-19-9-20(31)13-30(19)18-8-17(11-26-12-18)16-4-2-1-3-5-16/h1-8,10-12,15,19-20H,9,13-14H2,(H,28,29,32). The Kier molecular flexibility index (Phi) is 4.41. The molecule has 0 radical (unpaired) electrons. The monoisotopic (exact) mass is 423 g/mol. The third kappa shape index (κ3) is 3.30. The Morgan fingerprint density at radius 1 is 0.875 bits per heavy atom. The molecule has 158 valence electrons. The highest BCUT2D eigenvalue weighted by Crippen LogP contribution is 2.37. The van der Waals surface area contributed by atoms with E-state index in [2.05, 4.69) is 47.9 Å². The maximum absolute atomic E-state index is 12.3. The Bertz CT molecular complexity index is 1310. The van der Waals surface area contributed by atoms with Gasteiger partial charge in [-0.05, 0) is 24.1 Å². The van der Waals surface area contributed by atoms with E-state index in [4.69, 9.17) is 4.98 Å². The first-order chi connectivity index (χ1) is 15.7. The molecular weight excluding hydrogens is 402 g/mol. The maximum Gasteiger partial charge on any atom is 0.252 e. The highest BCUT2D eigenvalue weighted by atomic mass is 16.1. The summed E-state index contributed by atoms with van der Waals surface area (Å²) in [7, 11) is 0. The lowest BCUT2D eigenvalue weighted by Gasteiger charge is -2.35. The van der Waals surface area contributed by atoms with Crippen molar-refractivity contribution in [1.29, 1.82) is 0 Å². The van der Waals surface area contributed by atoms with Crippen LogP contribution in [0.5, 0.6) is 0 Å². The summed E-state index contributed by atoms with van der Waals surface area (Å²) in [6, 6.07) is 16.4. The highest BCUT2D eigenvalue weighted by Gasteiger charge is 2.44. The molecule has 4 aromatic rings. The number of aromatic nitrogens is 5. The molecule has 8 nitrogen and oxygen atoms in total. The molecule has 0 spiro atoms. The summed E-state index contributed by atoms with van der Waals surface area (Å²) >= 11 is 0. The van der Waals surface area contributed by atoms with Crippen molar-refractivity contribution in [2.24, 2.45) is 0 Å². The van der Waals surface area contributed by atoms with Crippen molar-refractivity contribution >= 4 is 11.6 Å². The Balaban J connectivity index is 1.25. The molecule has 0 saturated carbocycles. The summed E-state index contributed by atoms with van der Waals surface area (Å²) in [6.07, 6.45) is 7.99. The van der Waals surface area contributed by atoms with E-state index >= 15 is 0 Å². The molecule has 2 saturated heterocycles. The largest absolute Gasteiger partial charge is 0.363 e. The van der Waals surface area contributed by atoms with Gasteiger partial charge in [0.25, 0.3) is 5.56 Å². The van der Waals surface area contributed by atoms with Crippen LogP contribution in [0.4, 0.5) is 11.6 Å². The van der Waals surface area contributed by atoms with Crippen LogP contribution in [0.2, 0.25) is 0 Å². The van der Waals surface area contributed by atoms with Gasteiger partial charge >= 0.3 is 0 Å². The van der Waals surface area contributed by atoms with E-state index in [1.165, 1.54) is 12.4 Å². The van der Waals surface area contributed by atoms with Crippen molar-refractivity contribution in [2.75, 3.05) is 22.9 Å². The number of nitrogens with zero attached hydrogens (tertiary/aromatic N) is 6. The van der Waals surface area contributed by atoms with Crippen molar-refractivity contribution < 1.29 is 0 Å². The van der Waals surface area contributed by atoms with Gasteiger partial charge in [-0.2, -0.15) is 0 Å². The Morgan fingerprint density at radius 3 is 2.50 bits per heavy atom. The number of anilines is 2. The number of hydrogen-bond acceptors (Lipinski definition) is 7. The van der Waals surface area contributed by atoms with Gasteiger partial charge in [0.05, 0.1) is 29.3 Å². The molecule has 0 amide bonds. The number of hydrogen-bond donors (Lipinski definition) is 1. The lowest BCUT2D eigenvalue weighted by molar-refractivity contribution is 0.632. The van der Waals surface area contributed by atoms with Crippen molar-refractivity contribution in [3.05, 3.63) is 83.8 Å². The third-order valence-electron chi connectivity index (χ3n) is 6.25. The van der Waals surface area contributed by atoms with Crippen LogP contribution in [0.1, 0.15) is 6.42 Å². The molecule has 32 heavy (non-hydrogen) atoms. The first-order valence-electron chi connectivity index (χ1n) is 10.7. The summed E-state index contributed by atoms with van der Waals surface area (Å²) in [5.41, 5.74) is 4.44. The highest BCUT2D eigenvalue weighted by molar-refractivity contribution is 5.68. The van der Waals surface area contributed by atoms with Crippen LogP contribution in [0, 0.1) is 0 Å². The fourth-order valence-corrected chi connectivity index (χ4v) is 4.77. The predicted molar refractivity (Wildman–Crippen MR) is 122 cm³/mol. The molecule has 2 bridgehead atoms. The molecule has 2 unspecified atom stereocenters. The van der Waals surface area contributed by atoms with Gasteiger partial charge in [-0.15, -0.1) is 0 Å². The van der Waals surface area contributed by atoms with E-state index in [9.17, 15) is 4.79 Å². The van der Waals surface area contributed by atoms with Gasteiger partial charge in [0.1, 0.15) is 6.33 Å². The Morgan fingerprint density at radius 2 is 1.72 bits per heavy atom. The van der Waals surface area contributed by atoms with Crippen LogP contribution in [-0.2, 0) is 0 Å². The summed E-state index contributed by atoms with van der Waals surface area (Å²) in [5, 5.41) is 0. The number of piperazine rings is 1. The molecular formula is C24H21N7O. The topological polar surface area (TPSA) is 90.9 Å². The van der Waals surface area contributed by atoms with E-state index in [1.807, 2.05) is 30.6 Å². The van der Waals surface area contributed by atoms with Gasteiger partial charge < -0.3 is 9.80 Å². The number of nitrogens with one attached hydrogen (secondary N) is 1. The first kappa shape index (κ1) is 18.7. The summed E-state index contributed by atoms with van der Waals surface area (Å²) < 4.78 is 0. The second-order valence-corrected chi connectivity index (χ2v) is 8.19. The number of fused-ring (bicyclic) bond motifs is 2. The van der Waals surface area contributed by atoms with Gasteiger partial charge in [-0.25, -0.2) is 15.0 Å². The van der Waals surface area contributed by atoms with Crippen LogP contribution in [-0.4, -0.2) is 50.1 Å². The molecule has 1 N–H and O–H groups in total. The van der Waals surface area contributed by atoms with Crippen LogP contribution >= 0.6 is 0 Å². The number of benzene rings is 1. The normalized spacial score (nSPS) is 19.5. The Labute approximate surface area is 184 Å². The van der Waals surface area contributed by atoms with Crippen molar-refractivity contribution in [3.8, 4) is 22.5 Å². The second kappa shape index (κ2) is 7.56. The summed E-state index contributed by atoms with van der Waals surface area (Å²) in [5.74, 6) is 0.606. The lowest BCUT2D eigenvalue weighted by Crippen LogP contribution is -2.47. The zero-order chi connectivity index (χ0) is 21.5. The van der Waals surface area contributed by atoms with E-state index in [1.54, 1.807) is 12.3 Å². The molecule has 2 fully saturated rings. The number of aromatic amines is 1. The van der Waals surface area contributed by atoms with E-state index < -0.39 is 0 Å². The average Bonchev–Trinajstić information content (AvgIpc) is 3.46. The lowest BCUT2D eigenvalue weighted by atomic mass is 10.1. The smallest absolute Gasteiger partial charge is 0.252 e. The summed E-state index contributed by atoms with van der Waals surface area (Å²) in [6.45, 7) is 1.67. The molecule has 8 heteroatoms. The molecule has 6 rings (SSSR count). The van der Waals surface area contributed by atoms with E-state index in [0.29, 0.717) is 23.4 Å². The van der Waals surface area contributed by atoms with Crippen molar-refractivity contribution in [3.63, 3.8) is 0 Å². The molecule has 0 aliphatic carbocycles. The van der Waals surface area contributed by atoms with Gasteiger partial charge in [0.15, 0.2) is 0 Å². The number of rotatable bonds is 4. The van der Waals surface area contributed by atoms with E-state index in [0.717, 1.165) is 36.3 Å². The Hall–Kier alpha value is -4.07. The van der Waals surface area contributed by atoms with Crippen LogP contribution < -0.4 is 15.4 Å². The molecule has 1 aromatic carbocycles. The van der Waals surface area contributed by atoms with Gasteiger partial charge in [-0.1, -0.05) is 30.3 Å². The van der Waals surface area contributed by atoms with Crippen LogP contribution in [0.15, 0.2) is 78.2 Å². The van der Waals surface area contributed by atoms with Crippen LogP contribution in [0.25, 0.3) is 22.5 Å². The second-order valence-electron chi connectivity index (χ2n) is 8.19. The summed E-state index contributed by atoms with van der Waals surface area (Å²) in [4.78, 5) is 37.2. The quantitative estimate of drug-likeness (QED) is 0.540. The number of H-pyrrole nitrogens is 1. The third-order valence-corrected chi connectivity index (χ3v) is 6.25. The molecule has 2 aliphatic rings. The molecule has 5 heterocycles. The van der Waals surface area contributed by atoms with Crippen molar-refractivity contribution in [1.82, 2.24) is 24.9 Å². The minimum atomic E-state index is -0.178. The molecule has 3 aromatic heterocycles. The first-order valence-corrected chi connectivity index (χ1v) is 10.7. The average molecular weight is 423 g/mol. The zero-order valence-electron chi connectivity index (χ0n) is 17.3. The molecule has 2 atom stereocenters. The predicted octanol–water partition coefficient (Wildman–Crippen LogP) is 2.76. The maximum atomic E-state index is 12.3. The van der Waals surface area contributed by atoms with Crippen LogP contribution in [0.3, 0.4) is 0 Å². The fraction of sp³-hybridized carbons (Fsp3) is 0.208. The zero-order valence-corrected chi connectivity index (χ0v) is 17.3. The molecule has 2 aliphatic heterocycles. The van der Waals surface area contributed by atoms with Gasteiger partial charge in [0.2, 0.25) is 5.95 Å². The van der Waals surface area contributed by atoms with Crippen molar-refractivity contribution in [2.45, 2.75) is 18.5 Å². The minimum Gasteiger partial charge on any atom is -0.363 e. The SMILES string of the molecule is O=c1cc(-c2ccncn2)nc(N2CC3CC2CN3c2cncc(-c3ccccc3)c2)[nH]1. The van der Waals surface area contributed by atoms with E-state index in [-0.39, 0.29) is 11.6 Å². The van der Waals surface area contributed by atoms with Gasteiger partial charge in [0, 0.05) is 43.2 Å². The van der Waals surface area contributed by atoms with Gasteiger partial charge in [-0.3, -0.25) is 14.8 Å².